The van der Waals surface area contributed by atoms with E-state index >= 15 is 0 Å². The van der Waals surface area contributed by atoms with Crippen molar-refractivity contribution < 1.29 is 13.2 Å². The summed E-state index contributed by atoms with van der Waals surface area (Å²) in [7, 11) is 0. The monoisotopic (exact) mass is 280 g/mol. The molecule has 74 valence electrons. The first-order chi connectivity index (χ1) is 6.59. The third kappa shape index (κ3) is 1.54. The second kappa shape index (κ2) is 3.55. The smallest absolute Gasteiger partial charge is 0.207 e. The van der Waals surface area contributed by atoms with Crippen molar-refractivity contribution in [1.82, 2.24) is 0 Å². The van der Waals surface area contributed by atoms with Crippen LogP contribution in [-0.2, 0) is 0 Å². The lowest BCUT2D eigenvalue weighted by Crippen LogP contribution is -1.82. The van der Waals surface area contributed by atoms with E-state index in [1.807, 2.05) is 0 Å². The molecule has 0 saturated carbocycles. The van der Waals surface area contributed by atoms with Crippen molar-refractivity contribution in [2.75, 3.05) is 0 Å². The summed E-state index contributed by atoms with van der Waals surface area (Å²) in [6.45, 7) is 0. The molecule has 1 heterocycles. The fraction of sp³-hybridized carbons (Fsp3) is 0.111. The first-order valence-corrected chi connectivity index (χ1v) is 5.36. The van der Waals surface area contributed by atoms with Gasteiger partial charge in [0.25, 0.3) is 6.43 Å². The van der Waals surface area contributed by atoms with Crippen LogP contribution in [-0.4, -0.2) is 0 Å². The molecule has 0 radical (unpaired) electrons. The minimum Gasteiger partial charge on any atom is -0.207 e. The molecule has 0 aliphatic heterocycles. The first kappa shape index (κ1) is 9.98. The third-order valence-electron chi connectivity index (χ3n) is 1.86. The second-order valence-electron chi connectivity index (χ2n) is 2.73. The lowest BCUT2D eigenvalue weighted by molar-refractivity contribution is 0.153. The minimum atomic E-state index is -2.54. The first-order valence-electron chi connectivity index (χ1n) is 3.75. The standard InChI is InChI=1S/C9H4BrF3S/c10-8-7(9(12)13)5-2-1-4(11)3-6(5)14-8/h1-3,9H. The highest BCUT2D eigenvalue weighted by Gasteiger charge is 2.18. The Morgan fingerprint density at radius 3 is 2.64 bits per heavy atom. The van der Waals surface area contributed by atoms with Crippen molar-refractivity contribution in [1.29, 1.82) is 0 Å². The average Bonchev–Trinajstić information content (AvgIpc) is 2.39. The van der Waals surface area contributed by atoms with Crippen molar-refractivity contribution in [3.05, 3.63) is 33.4 Å². The molecule has 0 saturated heterocycles. The van der Waals surface area contributed by atoms with Crippen LogP contribution in [0.5, 0.6) is 0 Å². The summed E-state index contributed by atoms with van der Waals surface area (Å²) < 4.78 is 38.8. The SMILES string of the molecule is Fc1ccc2c(C(F)F)c(Br)sc2c1. The molecule has 14 heavy (non-hydrogen) atoms. The number of rotatable bonds is 1. The van der Waals surface area contributed by atoms with Crippen molar-refractivity contribution >= 4 is 37.4 Å². The van der Waals surface area contributed by atoms with E-state index in [2.05, 4.69) is 15.9 Å². The van der Waals surface area contributed by atoms with E-state index in [1.54, 1.807) is 0 Å². The lowest BCUT2D eigenvalue weighted by Gasteiger charge is -1.97. The highest BCUT2D eigenvalue weighted by molar-refractivity contribution is 9.11. The van der Waals surface area contributed by atoms with Crippen LogP contribution in [0.1, 0.15) is 12.0 Å². The highest BCUT2D eigenvalue weighted by Crippen LogP contribution is 2.40. The summed E-state index contributed by atoms with van der Waals surface area (Å²) in [5.74, 6) is -0.410. The topological polar surface area (TPSA) is 0 Å². The number of fused-ring (bicyclic) bond motifs is 1. The molecule has 1 aromatic heterocycles. The molecular weight excluding hydrogens is 277 g/mol. The average molecular weight is 281 g/mol. The van der Waals surface area contributed by atoms with Crippen LogP contribution >= 0.6 is 27.3 Å². The van der Waals surface area contributed by atoms with Gasteiger partial charge in [-0.1, -0.05) is 6.07 Å². The normalized spacial score (nSPS) is 11.5. The number of alkyl halides is 2. The molecule has 0 amide bonds. The number of hydrogen-bond donors (Lipinski definition) is 0. The zero-order valence-corrected chi connectivity index (χ0v) is 9.13. The predicted octanol–water partition coefficient (Wildman–Crippen LogP) is 4.74. The Kier molecular flexibility index (Phi) is 2.53. The van der Waals surface area contributed by atoms with Crippen LogP contribution in [0.4, 0.5) is 13.2 Å². The van der Waals surface area contributed by atoms with Crippen molar-refractivity contribution in [3.63, 3.8) is 0 Å². The maximum Gasteiger partial charge on any atom is 0.266 e. The molecule has 1 aromatic carbocycles. The van der Waals surface area contributed by atoms with Crippen molar-refractivity contribution in [2.24, 2.45) is 0 Å². The van der Waals surface area contributed by atoms with Gasteiger partial charge in [0.2, 0.25) is 0 Å². The number of thiophene rings is 1. The van der Waals surface area contributed by atoms with Crippen LogP contribution in [0.15, 0.2) is 22.0 Å². The Labute approximate surface area is 90.5 Å². The van der Waals surface area contributed by atoms with Gasteiger partial charge in [-0.2, -0.15) is 0 Å². The molecule has 0 aliphatic rings. The zero-order valence-electron chi connectivity index (χ0n) is 6.73. The Balaban J connectivity index is 2.77. The molecule has 0 atom stereocenters. The van der Waals surface area contributed by atoms with Crippen LogP contribution in [0.25, 0.3) is 10.1 Å². The lowest BCUT2D eigenvalue weighted by atomic mass is 10.2. The number of hydrogen-bond acceptors (Lipinski definition) is 1. The largest absolute Gasteiger partial charge is 0.266 e. The summed E-state index contributed by atoms with van der Waals surface area (Å²) in [5.41, 5.74) is -0.0509. The van der Waals surface area contributed by atoms with E-state index in [0.29, 0.717) is 13.9 Å². The molecule has 5 heteroatoms. The molecule has 0 fully saturated rings. The van der Waals surface area contributed by atoms with Crippen LogP contribution < -0.4 is 0 Å². The van der Waals surface area contributed by atoms with Gasteiger partial charge in [0.15, 0.2) is 0 Å². The summed E-state index contributed by atoms with van der Waals surface area (Å²) in [6.07, 6.45) is -2.54. The molecule has 0 spiro atoms. The minimum absolute atomic E-state index is 0.0509. The Morgan fingerprint density at radius 1 is 1.29 bits per heavy atom. The van der Waals surface area contributed by atoms with Gasteiger partial charge in [-0.25, -0.2) is 13.2 Å². The van der Waals surface area contributed by atoms with Crippen LogP contribution in [0, 0.1) is 5.82 Å². The van der Waals surface area contributed by atoms with Gasteiger partial charge in [0.1, 0.15) is 5.82 Å². The summed E-state index contributed by atoms with van der Waals surface area (Å²) in [5, 5.41) is 0.415. The van der Waals surface area contributed by atoms with Gasteiger partial charge in [-0.15, -0.1) is 11.3 Å². The molecular formula is C9H4BrF3S. The number of halogens is 4. The molecule has 0 unspecified atom stereocenters. The molecule has 0 bridgehead atoms. The molecule has 0 N–H and O–H groups in total. The van der Waals surface area contributed by atoms with Gasteiger partial charge >= 0.3 is 0 Å². The Morgan fingerprint density at radius 2 is 2.00 bits per heavy atom. The fourth-order valence-corrected chi connectivity index (χ4v) is 3.14. The molecule has 0 nitrogen and oxygen atoms in total. The van der Waals surface area contributed by atoms with E-state index < -0.39 is 12.2 Å². The van der Waals surface area contributed by atoms with Gasteiger partial charge in [0.05, 0.1) is 9.35 Å². The maximum atomic E-state index is 12.8. The Hall–Kier alpha value is -0.550. The summed E-state index contributed by atoms with van der Waals surface area (Å²) >= 11 is 4.17. The molecule has 0 aliphatic carbocycles. The fourth-order valence-electron chi connectivity index (χ4n) is 1.26. The summed E-state index contributed by atoms with van der Waals surface area (Å²) in [4.78, 5) is 0. The van der Waals surface area contributed by atoms with Gasteiger partial charge in [-0.05, 0) is 28.1 Å². The van der Waals surface area contributed by atoms with E-state index in [-0.39, 0.29) is 5.56 Å². The van der Waals surface area contributed by atoms with Gasteiger partial charge in [0, 0.05) is 10.1 Å². The van der Waals surface area contributed by atoms with E-state index in [9.17, 15) is 13.2 Å². The van der Waals surface area contributed by atoms with E-state index in [4.69, 9.17) is 0 Å². The molecule has 2 rings (SSSR count). The highest BCUT2D eigenvalue weighted by atomic mass is 79.9. The predicted molar refractivity (Wildman–Crippen MR) is 54.4 cm³/mol. The van der Waals surface area contributed by atoms with Gasteiger partial charge in [-0.3, -0.25) is 0 Å². The number of benzene rings is 1. The third-order valence-corrected chi connectivity index (χ3v) is 3.73. The van der Waals surface area contributed by atoms with E-state index in [0.717, 1.165) is 11.3 Å². The van der Waals surface area contributed by atoms with Gasteiger partial charge < -0.3 is 0 Å². The summed E-state index contributed by atoms with van der Waals surface area (Å²) in [6, 6.07) is 3.83. The Bertz CT molecular complexity index is 478. The van der Waals surface area contributed by atoms with Crippen LogP contribution in [0.3, 0.4) is 0 Å². The quantitative estimate of drug-likeness (QED) is 0.708. The molecule has 2 aromatic rings. The van der Waals surface area contributed by atoms with Crippen molar-refractivity contribution in [2.45, 2.75) is 6.43 Å². The second-order valence-corrected chi connectivity index (χ2v) is 5.10. The maximum absolute atomic E-state index is 12.8. The van der Waals surface area contributed by atoms with Crippen LogP contribution in [0.2, 0.25) is 0 Å². The van der Waals surface area contributed by atoms with Crippen molar-refractivity contribution in [3.8, 4) is 0 Å². The zero-order chi connectivity index (χ0) is 10.3. The van der Waals surface area contributed by atoms with E-state index in [1.165, 1.54) is 18.2 Å².